The first-order valence-electron chi connectivity index (χ1n) is 5.91. The molecule has 0 saturated heterocycles. The van der Waals surface area contributed by atoms with Gasteiger partial charge < -0.3 is 4.74 Å². The third-order valence-corrected chi connectivity index (χ3v) is 3.79. The van der Waals surface area contributed by atoms with Gasteiger partial charge in [0.2, 0.25) is 0 Å². The molecular formula is C14H20O. The molecule has 0 N–H and O–H groups in total. The Morgan fingerprint density at radius 2 is 2.13 bits per heavy atom. The van der Waals surface area contributed by atoms with Crippen LogP contribution in [-0.2, 0) is 12.8 Å². The summed E-state index contributed by atoms with van der Waals surface area (Å²) < 4.78 is 5.43. The largest absolute Gasteiger partial charge is 0.496 e. The number of methoxy groups -OCH3 is 1. The number of fused-ring (bicyclic) bond motifs is 1. The minimum absolute atomic E-state index is 0.791. The molecule has 0 aromatic heterocycles. The molecule has 0 saturated carbocycles. The van der Waals surface area contributed by atoms with Crippen LogP contribution in [0.4, 0.5) is 0 Å². The van der Waals surface area contributed by atoms with E-state index >= 15 is 0 Å². The standard InChI is InChI=1S/C14H20O/c1-4-11-9-12-6-5-7-14(15-3)13(12)8-10(11)2/h5-7,10-11H,4,8-9H2,1-3H3. The quantitative estimate of drug-likeness (QED) is 0.717. The molecule has 82 valence electrons. The lowest BCUT2D eigenvalue weighted by Gasteiger charge is -2.30. The summed E-state index contributed by atoms with van der Waals surface area (Å²) in [6.45, 7) is 4.66. The molecule has 2 unspecified atom stereocenters. The van der Waals surface area contributed by atoms with Crippen LogP contribution in [0.15, 0.2) is 18.2 Å². The van der Waals surface area contributed by atoms with E-state index in [1.54, 1.807) is 7.11 Å². The lowest BCUT2D eigenvalue weighted by Crippen LogP contribution is -2.23. The average molecular weight is 204 g/mol. The Morgan fingerprint density at radius 3 is 2.80 bits per heavy atom. The van der Waals surface area contributed by atoms with Gasteiger partial charge in [-0.15, -0.1) is 0 Å². The van der Waals surface area contributed by atoms with Crippen LogP contribution in [0.5, 0.6) is 5.75 Å². The first-order chi connectivity index (χ1) is 7.26. The van der Waals surface area contributed by atoms with E-state index in [0.717, 1.165) is 17.6 Å². The van der Waals surface area contributed by atoms with Gasteiger partial charge in [-0.2, -0.15) is 0 Å². The Balaban J connectivity index is 2.35. The predicted octanol–water partition coefficient (Wildman–Crippen LogP) is 3.46. The summed E-state index contributed by atoms with van der Waals surface area (Å²) >= 11 is 0. The molecule has 15 heavy (non-hydrogen) atoms. The van der Waals surface area contributed by atoms with Crippen molar-refractivity contribution in [3.63, 3.8) is 0 Å². The number of benzene rings is 1. The summed E-state index contributed by atoms with van der Waals surface area (Å²) in [6.07, 6.45) is 3.69. The second-order valence-corrected chi connectivity index (χ2v) is 4.65. The third-order valence-electron chi connectivity index (χ3n) is 3.79. The second-order valence-electron chi connectivity index (χ2n) is 4.65. The highest BCUT2D eigenvalue weighted by Gasteiger charge is 2.25. The van der Waals surface area contributed by atoms with Gasteiger partial charge in [-0.1, -0.05) is 32.4 Å². The fraction of sp³-hybridized carbons (Fsp3) is 0.571. The number of rotatable bonds is 2. The minimum Gasteiger partial charge on any atom is -0.496 e. The fourth-order valence-corrected chi connectivity index (χ4v) is 2.74. The van der Waals surface area contributed by atoms with Crippen LogP contribution in [0.25, 0.3) is 0 Å². The van der Waals surface area contributed by atoms with Crippen LogP contribution >= 0.6 is 0 Å². The van der Waals surface area contributed by atoms with Crippen LogP contribution < -0.4 is 4.74 Å². The molecule has 1 aromatic carbocycles. The predicted molar refractivity (Wildman–Crippen MR) is 63.3 cm³/mol. The highest BCUT2D eigenvalue weighted by atomic mass is 16.5. The Morgan fingerprint density at radius 1 is 1.33 bits per heavy atom. The molecule has 1 heteroatoms. The molecule has 2 rings (SSSR count). The van der Waals surface area contributed by atoms with E-state index in [4.69, 9.17) is 4.74 Å². The first-order valence-corrected chi connectivity index (χ1v) is 5.91. The van der Waals surface area contributed by atoms with Gasteiger partial charge in [-0.05, 0) is 41.9 Å². The highest BCUT2D eigenvalue weighted by Crippen LogP contribution is 2.36. The molecule has 2 atom stereocenters. The van der Waals surface area contributed by atoms with Crippen molar-refractivity contribution in [3.05, 3.63) is 29.3 Å². The van der Waals surface area contributed by atoms with Crippen LogP contribution in [0.2, 0.25) is 0 Å². The van der Waals surface area contributed by atoms with E-state index in [-0.39, 0.29) is 0 Å². The lowest BCUT2D eigenvalue weighted by atomic mass is 9.75. The van der Waals surface area contributed by atoms with Gasteiger partial charge in [-0.3, -0.25) is 0 Å². The molecule has 0 amide bonds. The molecule has 0 bridgehead atoms. The van der Waals surface area contributed by atoms with Crippen molar-refractivity contribution in [2.45, 2.75) is 33.1 Å². The molecular weight excluding hydrogens is 184 g/mol. The monoisotopic (exact) mass is 204 g/mol. The molecule has 0 spiro atoms. The van der Waals surface area contributed by atoms with Crippen molar-refractivity contribution in [2.24, 2.45) is 11.8 Å². The summed E-state index contributed by atoms with van der Waals surface area (Å²) in [5.41, 5.74) is 2.94. The van der Waals surface area contributed by atoms with Crippen molar-refractivity contribution in [1.82, 2.24) is 0 Å². The van der Waals surface area contributed by atoms with Gasteiger partial charge in [0, 0.05) is 0 Å². The van der Waals surface area contributed by atoms with E-state index in [2.05, 4.69) is 32.0 Å². The molecule has 1 aromatic rings. The SMILES string of the molecule is CCC1Cc2cccc(OC)c2CC1C. The van der Waals surface area contributed by atoms with Gasteiger partial charge in [0.05, 0.1) is 7.11 Å². The molecule has 0 heterocycles. The summed E-state index contributed by atoms with van der Waals surface area (Å²) in [5.74, 6) is 2.72. The summed E-state index contributed by atoms with van der Waals surface area (Å²) in [6, 6.07) is 6.45. The van der Waals surface area contributed by atoms with Gasteiger partial charge in [0.1, 0.15) is 5.75 Å². The lowest BCUT2D eigenvalue weighted by molar-refractivity contribution is 0.314. The van der Waals surface area contributed by atoms with E-state index < -0.39 is 0 Å². The van der Waals surface area contributed by atoms with Crippen LogP contribution in [-0.4, -0.2) is 7.11 Å². The molecule has 1 nitrogen and oxygen atoms in total. The topological polar surface area (TPSA) is 9.23 Å². The van der Waals surface area contributed by atoms with E-state index in [1.807, 2.05) is 0 Å². The van der Waals surface area contributed by atoms with Crippen molar-refractivity contribution >= 4 is 0 Å². The Hall–Kier alpha value is -0.980. The molecule has 0 fully saturated rings. The van der Waals surface area contributed by atoms with Crippen LogP contribution in [0, 0.1) is 11.8 Å². The maximum atomic E-state index is 5.43. The summed E-state index contributed by atoms with van der Waals surface area (Å²) in [7, 11) is 1.77. The Kier molecular flexibility index (Phi) is 2.99. The van der Waals surface area contributed by atoms with E-state index in [9.17, 15) is 0 Å². The Labute approximate surface area is 92.5 Å². The van der Waals surface area contributed by atoms with Gasteiger partial charge in [0.15, 0.2) is 0 Å². The zero-order chi connectivity index (χ0) is 10.8. The van der Waals surface area contributed by atoms with E-state index in [0.29, 0.717) is 0 Å². The number of hydrogen-bond acceptors (Lipinski definition) is 1. The molecule has 0 radical (unpaired) electrons. The van der Waals surface area contributed by atoms with Crippen molar-refractivity contribution in [2.75, 3.05) is 7.11 Å². The minimum atomic E-state index is 0.791. The van der Waals surface area contributed by atoms with Gasteiger partial charge in [0.25, 0.3) is 0 Å². The van der Waals surface area contributed by atoms with Crippen molar-refractivity contribution in [3.8, 4) is 5.75 Å². The summed E-state index contributed by atoms with van der Waals surface area (Å²) in [5, 5.41) is 0. The zero-order valence-corrected chi connectivity index (χ0v) is 9.92. The third kappa shape index (κ3) is 1.88. The smallest absolute Gasteiger partial charge is 0.122 e. The van der Waals surface area contributed by atoms with Crippen LogP contribution in [0.1, 0.15) is 31.4 Å². The first kappa shape index (κ1) is 10.5. The maximum absolute atomic E-state index is 5.43. The number of ether oxygens (including phenoxy) is 1. The normalized spacial score (nSPS) is 24.7. The maximum Gasteiger partial charge on any atom is 0.122 e. The molecule has 1 aliphatic carbocycles. The van der Waals surface area contributed by atoms with E-state index in [1.165, 1.54) is 30.4 Å². The van der Waals surface area contributed by atoms with Gasteiger partial charge in [-0.25, -0.2) is 0 Å². The highest BCUT2D eigenvalue weighted by molar-refractivity contribution is 5.42. The number of hydrogen-bond donors (Lipinski definition) is 0. The molecule has 0 aliphatic heterocycles. The zero-order valence-electron chi connectivity index (χ0n) is 9.92. The van der Waals surface area contributed by atoms with Crippen molar-refractivity contribution in [1.29, 1.82) is 0 Å². The van der Waals surface area contributed by atoms with Crippen LogP contribution in [0.3, 0.4) is 0 Å². The molecule has 1 aliphatic rings. The average Bonchev–Trinajstić information content (AvgIpc) is 2.27. The second kappa shape index (κ2) is 4.26. The van der Waals surface area contributed by atoms with Gasteiger partial charge >= 0.3 is 0 Å². The summed E-state index contributed by atoms with van der Waals surface area (Å²) in [4.78, 5) is 0. The Bertz CT molecular complexity index is 343. The fourth-order valence-electron chi connectivity index (χ4n) is 2.74. The van der Waals surface area contributed by atoms with Crippen molar-refractivity contribution < 1.29 is 4.74 Å².